The van der Waals surface area contributed by atoms with Crippen molar-refractivity contribution in [2.45, 2.75) is 25.6 Å². The van der Waals surface area contributed by atoms with Crippen molar-refractivity contribution in [3.8, 4) is 0 Å². The Labute approximate surface area is 98.3 Å². The number of carboxylic acids is 1. The maximum absolute atomic E-state index is 10.7. The molecule has 0 aliphatic heterocycles. The van der Waals surface area contributed by atoms with Crippen LogP contribution < -0.4 is 0 Å². The van der Waals surface area contributed by atoms with Crippen molar-refractivity contribution in [1.82, 2.24) is 0 Å². The lowest BCUT2D eigenvalue weighted by atomic mass is 9.94. The number of aliphatic hydroxyl groups excluding tert-OH is 2. The van der Waals surface area contributed by atoms with Crippen LogP contribution >= 0.6 is 0 Å². The second kappa shape index (κ2) is 6.12. The highest BCUT2D eigenvalue weighted by Gasteiger charge is 2.20. The van der Waals surface area contributed by atoms with Gasteiger partial charge >= 0.3 is 5.97 Å². The Morgan fingerprint density at radius 2 is 2.12 bits per heavy atom. The van der Waals surface area contributed by atoms with Crippen LogP contribution in [-0.2, 0) is 22.6 Å². The fraction of sp³-hybridized carbons (Fsp3) is 0.333. The van der Waals surface area contributed by atoms with Gasteiger partial charge in [-0.3, -0.25) is 0 Å². The molecule has 0 fully saturated rings. The van der Waals surface area contributed by atoms with Gasteiger partial charge in [-0.1, -0.05) is 18.2 Å². The van der Waals surface area contributed by atoms with Crippen molar-refractivity contribution in [1.29, 1.82) is 0 Å². The number of hydrogen-bond donors (Lipinski definition) is 3. The number of aliphatic carboxylic acids is 1. The number of aliphatic hydroxyl groups is 2. The minimum atomic E-state index is -1.64. The summed E-state index contributed by atoms with van der Waals surface area (Å²) in [4.78, 5) is 21.1. The molecule has 0 radical (unpaired) electrons. The fourth-order valence-electron chi connectivity index (χ4n) is 1.70. The van der Waals surface area contributed by atoms with Crippen molar-refractivity contribution in [3.05, 3.63) is 34.9 Å². The molecular formula is C12H14O5. The summed E-state index contributed by atoms with van der Waals surface area (Å²) in [5.74, 6) is -1.35. The van der Waals surface area contributed by atoms with Crippen LogP contribution in [0.15, 0.2) is 18.2 Å². The first kappa shape index (κ1) is 13.3. The van der Waals surface area contributed by atoms with Crippen molar-refractivity contribution in [2.24, 2.45) is 0 Å². The van der Waals surface area contributed by atoms with E-state index in [0.717, 1.165) is 0 Å². The van der Waals surface area contributed by atoms with E-state index in [-0.39, 0.29) is 18.6 Å². The lowest BCUT2D eigenvalue weighted by Crippen LogP contribution is -2.14. The van der Waals surface area contributed by atoms with Gasteiger partial charge in [0.1, 0.15) is 6.29 Å². The zero-order valence-electron chi connectivity index (χ0n) is 9.17. The van der Waals surface area contributed by atoms with Gasteiger partial charge in [-0.15, -0.1) is 0 Å². The van der Waals surface area contributed by atoms with Gasteiger partial charge in [0.25, 0.3) is 0 Å². The molecule has 0 amide bonds. The van der Waals surface area contributed by atoms with E-state index in [1.54, 1.807) is 12.1 Å². The largest absolute Gasteiger partial charge is 0.479 e. The Kier molecular flexibility index (Phi) is 4.81. The normalized spacial score (nSPS) is 12.1. The van der Waals surface area contributed by atoms with Gasteiger partial charge in [0.2, 0.25) is 0 Å². The number of rotatable bonds is 6. The molecule has 1 rings (SSSR count). The average Bonchev–Trinajstić information content (AvgIpc) is 2.34. The first-order valence-electron chi connectivity index (χ1n) is 5.17. The zero-order chi connectivity index (χ0) is 12.8. The SMILES string of the molecule is O=CCCc1c(CO)cccc1C(O)C(=O)O. The molecule has 0 heterocycles. The van der Waals surface area contributed by atoms with E-state index in [0.29, 0.717) is 23.8 Å². The van der Waals surface area contributed by atoms with Crippen LogP contribution in [-0.4, -0.2) is 27.6 Å². The third-order valence-electron chi connectivity index (χ3n) is 2.52. The molecule has 0 aromatic heterocycles. The van der Waals surface area contributed by atoms with Gasteiger partial charge in [0.05, 0.1) is 6.61 Å². The summed E-state index contributed by atoms with van der Waals surface area (Å²) in [6.45, 7) is -0.256. The first-order chi connectivity index (χ1) is 8.11. The van der Waals surface area contributed by atoms with Gasteiger partial charge in [0, 0.05) is 6.42 Å². The van der Waals surface area contributed by atoms with Gasteiger partial charge in [0.15, 0.2) is 6.10 Å². The van der Waals surface area contributed by atoms with Crippen LogP contribution in [0.3, 0.4) is 0 Å². The maximum atomic E-state index is 10.7. The monoisotopic (exact) mass is 238 g/mol. The number of carbonyl (C=O) groups excluding carboxylic acids is 1. The van der Waals surface area contributed by atoms with Crippen LogP contribution in [0.1, 0.15) is 29.2 Å². The molecule has 0 saturated carbocycles. The molecule has 0 aliphatic carbocycles. The van der Waals surface area contributed by atoms with E-state index < -0.39 is 12.1 Å². The number of aldehydes is 1. The minimum absolute atomic E-state index is 0.219. The molecule has 1 atom stereocenters. The lowest BCUT2D eigenvalue weighted by Gasteiger charge is -2.15. The average molecular weight is 238 g/mol. The summed E-state index contributed by atoms with van der Waals surface area (Å²) in [5, 5.41) is 27.4. The molecule has 1 aromatic carbocycles. The molecule has 17 heavy (non-hydrogen) atoms. The predicted molar refractivity (Wildman–Crippen MR) is 59.3 cm³/mol. The summed E-state index contributed by atoms with van der Waals surface area (Å²) in [6, 6.07) is 4.69. The third-order valence-corrected chi connectivity index (χ3v) is 2.52. The van der Waals surface area contributed by atoms with Crippen molar-refractivity contribution < 1.29 is 24.9 Å². The molecular weight excluding hydrogens is 224 g/mol. The van der Waals surface area contributed by atoms with Gasteiger partial charge < -0.3 is 20.1 Å². The molecule has 0 spiro atoms. The third kappa shape index (κ3) is 3.12. The maximum Gasteiger partial charge on any atom is 0.337 e. The van der Waals surface area contributed by atoms with Gasteiger partial charge in [-0.25, -0.2) is 4.79 Å². The minimum Gasteiger partial charge on any atom is -0.479 e. The second-order valence-electron chi connectivity index (χ2n) is 3.59. The highest BCUT2D eigenvalue weighted by molar-refractivity contribution is 5.74. The van der Waals surface area contributed by atoms with E-state index in [2.05, 4.69) is 0 Å². The Morgan fingerprint density at radius 1 is 1.41 bits per heavy atom. The smallest absolute Gasteiger partial charge is 0.337 e. The molecule has 92 valence electrons. The van der Waals surface area contributed by atoms with Crippen LogP contribution in [0.25, 0.3) is 0 Å². The van der Waals surface area contributed by atoms with E-state index in [1.807, 2.05) is 0 Å². The molecule has 1 aromatic rings. The standard InChI is InChI=1S/C12H14O5/c13-6-2-5-9-8(7-14)3-1-4-10(9)11(15)12(16)17/h1,3-4,6,11,14-15H,2,5,7H2,(H,16,17). The number of benzene rings is 1. The molecule has 5 heteroatoms. The Bertz CT molecular complexity index is 413. The summed E-state index contributed by atoms with van der Waals surface area (Å²) in [5.41, 5.74) is 1.28. The second-order valence-corrected chi connectivity index (χ2v) is 3.59. The molecule has 3 N–H and O–H groups in total. The molecule has 0 aliphatic rings. The Balaban J connectivity index is 3.17. The van der Waals surface area contributed by atoms with E-state index in [4.69, 9.17) is 10.2 Å². The van der Waals surface area contributed by atoms with Crippen LogP contribution in [0, 0.1) is 0 Å². The van der Waals surface area contributed by atoms with Gasteiger partial charge in [-0.2, -0.15) is 0 Å². The van der Waals surface area contributed by atoms with E-state index >= 15 is 0 Å². The summed E-state index contributed by atoms with van der Waals surface area (Å²) < 4.78 is 0. The first-order valence-corrected chi connectivity index (χ1v) is 5.17. The van der Waals surface area contributed by atoms with Crippen molar-refractivity contribution in [2.75, 3.05) is 0 Å². The fourth-order valence-corrected chi connectivity index (χ4v) is 1.70. The van der Waals surface area contributed by atoms with Crippen molar-refractivity contribution >= 4 is 12.3 Å². The summed E-state index contributed by atoms with van der Waals surface area (Å²) in [6.07, 6.45) is -0.399. The highest BCUT2D eigenvalue weighted by Crippen LogP contribution is 2.23. The quantitative estimate of drug-likeness (QED) is 0.625. The highest BCUT2D eigenvalue weighted by atomic mass is 16.4. The van der Waals surface area contributed by atoms with Gasteiger partial charge in [-0.05, 0) is 23.1 Å². The topological polar surface area (TPSA) is 94.8 Å². The molecule has 0 bridgehead atoms. The zero-order valence-corrected chi connectivity index (χ0v) is 9.17. The predicted octanol–water partition coefficient (Wildman–Crippen LogP) is 0.428. The number of carboxylic acid groups (broad SMARTS) is 1. The van der Waals surface area contributed by atoms with E-state index in [9.17, 15) is 14.7 Å². The van der Waals surface area contributed by atoms with Crippen molar-refractivity contribution in [3.63, 3.8) is 0 Å². The van der Waals surface area contributed by atoms with Crippen LogP contribution in [0.5, 0.6) is 0 Å². The summed E-state index contributed by atoms with van der Waals surface area (Å²) >= 11 is 0. The molecule has 5 nitrogen and oxygen atoms in total. The van der Waals surface area contributed by atoms with Crippen LogP contribution in [0.2, 0.25) is 0 Å². The molecule has 1 unspecified atom stereocenters. The lowest BCUT2D eigenvalue weighted by molar-refractivity contribution is -0.147. The number of hydrogen-bond acceptors (Lipinski definition) is 4. The van der Waals surface area contributed by atoms with E-state index in [1.165, 1.54) is 6.07 Å². The summed E-state index contributed by atoms with van der Waals surface area (Å²) in [7, 11) is 0. The number of carbonyl (C=O) groups is 2. The Morgan fingerprint density at radius 3 is 2.65 bits per heavy atom. The molecule has 0 saturated heterocycles. The van der Waals surface area contributed by atoms with Crippen LogP contribution in [0.4, 0.5) is 0 Å². The Hall–Kier alpha value is -1.72.